The van der Waals surface area contributed by atoms with Gasteiger partial charge in [0.15, 0.2) is 0 Å². The second-order valence-electron chi connectivity index (χ2n) is 7.02. The highest BCUT2D eigenvalue weighted by molar-refractivity contribution is 8.00. The van der Waals surface area contributed by atoms with Crippen molar-refractivity contribution in [3.63, 3.8) is 0 Å². The van der Waals surface area contributed by atoms with Crippen LogP contribution in [0.4, 0.5) is 5.69 Å². The molecule has 0 atom stereocenters. The SMILES string of the molecule is Cc1cccc(CCN2C(=O)CSc3ccc(C(=O)NCc4ccco4)cc32)c1. The Balaban J connectivity index is 1.51. The fourth-order valence-corrected chi connectivity index (χ4v) is 4.30. The molecule has 148 valence electrons. The van der Waals surface area contributed by atoms with Gasteiger partial charge in [-0.15, -0.1) is 11.8 Å². The van der Waals surface area contributed by atoms with E-state index >= 15 is 0 Å². The summed E-state index contributed by atoms with van der Waals surface area (Å²) >= 11 is 1.52. The zero-order valence-electron chi connectivity index (χ0n) is 16.2. The number of furan rings is 1. The first-order chi connectivity index (χ1) is 14.1. The standard InChI is InChI=1S/C23H22N2O3S/c1-16-4-2-5-17(12-16)9-10-25-20-13-18(7-8-21(20)29-15-22(25)26)23(27)24-14-19-6-3-11-28-19/h2-8,11-13H,9-10,14-15H2,1H3,(H,24,27). The zero-order chi connectivity index (χ0) is 20.2. The number of hydrogen-bond donors (Lipinski definition) is 1. The highest BCUT2D eigenvalue weighted by Gasteiger charge is 2.25. The van der Waals surface area contributed by atoms with E-state index in [1.54, 1.807) is 23.3 Å². The van der Waals surface area contributed by atoms with Crippen LogP contribution in [-0.2, 0) is 17.8 Å². The Hall–Kier alpha value is -2.99. The van der Waals surface area contributed by atoms with Crippen molar-refractivity contribution in [1.82, 2.24) is 5.32 Å². The first kappa shape index (κ1) is 19.3. The van der Waals surface area contributed by atoms with E-state index in [-0.39, 0.29) is 11.8 Å². The van der Waals surface area contributed by atoms with Gasteiger partial charge in [-0.05, 0) is 49.2 Å². The maximum Gasteiger partial charge on any atom is 0.251 e. The minimum absolute atomic E-state index is 0.0725. The molecule has 1 aliphatic heterocycles. The third-order valence-corrected chi connectivity index (χ3v) is 5.92. The van der Waals surface area contributed by atoms with E-state index < -0.39 is 0 Å². The van der Waals surface area contributed by atoms with Crippen LogP contribution in [-0.4, -0.2) is 24.1 Å². The average molecular weight is 407 g/mol. The number of carbonyl (C=O) groups is 2. The van der Waals surface area contributed by atoms with Gasteiger partial charge in [0.1, 0.15) is 5.76 Å². The molecular weight excluding hydrogens is 384 g/mol. The van der Waals surface area contributed by atoms with Crippen LogP contribution < -0.4 is 10.2 Å². The minimum atomic E-state index is -0.189. The summed E-state index contributed by atoms with van der Waals surface area (Å²) in [6, 6.07) is 17.5. The normalized spacial score (nSPS) is 13.3. The molecule has 0 spiro atoms. The number of amides is 2. The molecule has 0 saturated heterocycles. The van der Waals surface area contributed by atoms with Gasteiger partial charge in [-0.25, -0.2) is 0 Å². The van der Waals surface area contributed by atoms with Gasteiger partial charge < -0.3 is 14.6 Å². The van der Waals surface area contributed by atoms with Crippen molar-refractivity contribution in [3.05, 3.63) is 83.3 Å². The van der Waals surface area contributed by atoms with Gasteiger partial charge in [0.25, 0.3) is 5.91 Å². The predicted molar refractivity (Wildman–Crippen MR) is 114 cm³/mol. The molecule has 29 heavy (non-hydrogen) atoms. The second kappa shape index (κ2) is 8.57. The molecule has 0 fully saturated rings. The van der Waals surface area contributed by atoms with Crippen LogP contribution in [0.5, 0.6) is 0 Å². The molecule has 0 saturated carbocycles. The molecule has 0 aliphatic carbocycles. The van der Waals surface area contributed by atoms with Crippen LogP contribution in [0.3, 0.4) is 0 Å². The zero-order valence-corrected chi connectivity index (χ0v) is 17.0. The molecule has 4 rings (SSSR count). The Morgan fingerprint density at radius 2 is 2.07 bits per heavy atom. The molecule has 2 heterocycles. The summed E-state index contributed by atoms with van der Waals surface area (Å²) in [4.78, 5) is 28.0. The number of thioether (sulfide) groups is 1. The Morgan fingerprint density at radius 1 is 1.17 bits per heavy atom. The van der Waals surface area contributed by atoms with E-state index in [0.29, 0.717) is 30.2 Å². The van der Waals surface area contributed by atoms with Crippen LogP contribution in [0.2, 0.25) is 0 Å². The van der Waals surface area contributed by atoms with E-state index in [1.165, 1.54) is 22.9 Å². The number of aryl methyl sites for hydroxylation is 1. The molecular formula is C23H22N2O3S. The van der Waals surface area contributed by atoms with Crippen molar-refractivity contribution < 1.29 is 14.0 Å². The van der Waals surface area contributed by atoms with Crippen molar-refractivity contribution in [2.45, 2.75) is 24.8 Å². The molecule has 1 aromatic heterocycles. The third kappa shape index (κ3) is 4.54. The highest BCUT2D eigenvalue weighted by Crippen LogP contribution is 2.36. The molecule has 0 radical (unpaired) electrons. The first-order valence-electron chi connectivity index (χ1n) is 9.53. The van der Waals surface area contributed by atoms with Gasteiger partial charge in [-0.3, -0.25) is 9.59 Å². The maximum atomic E-state index is 12.6. The summed E-state index contributed by atoms with van der Waals surface area (Å²) in [6.07, 6.45) is 2.35. The van der Waals surface area contributed by atoms with Crippen LogP contribution in [0.25, 0.3) is 0 Å². The Labute approximate surface area is 174 Å². The summed E-state index contributed by atoms with van der Waals surface area (Å²) in [5, 5.41) is 2.86. The fourth-order valence-electron chi connectivity index (χ4n) is 3.38. The number of benzene rings is 2. The smallest absolute Gasteiger partial charge is 0.251 e. The van der Waals surface area contributed by atoms with E-state index in [9.17, 15) is 9.59 Å². The summed E-state index contributed by atoms with van der Waals surface area (Å²) in [7, 11) is 0. The van der Waals surface area contributed by atoms with E-state index in [4.69, 9.17) is 4.42 Å². The van der Waals surface area contributed by atoms with E-state index in [2.05, 4.69) is 30.4 Å². The number of nitrogens with one attached hydrogen (secondary N) is 1. The largest absolute Gasteiger partial charge is 0.467 e. The fraction of sp³-hybridized carbons (Fsp3) is 0.217. The number of carbonyl (C=O) groups excluding carboxylic acids is 2. The number of anilines is 1. The van der Waals surface area contributed by atoms with Gasteiger partial charge in [0.2, 0.25) is 5.91 Å². The van der Waals surface area contributed by atoms with Crippen LogP contribution in [0, 0.1) is 6.92 Å². The van der Waals surface area contributed by atoms with E-state index in [1.807, 2.05) is 24.3 Å². The number of fused-ring (bicyclic) bond motifs is 1. The Morgan fingerprint density at radius 3 is 2.86 bits per heavy atom. The van der Waals surface area contributed by atoms with Gasteiger partial charge in [0.05, 0.1) is 24.2 Å². The molecule has 1 aliphatic rings. The molecule has 0 unspecified atom stereocenters. The van der Waals surface area contributed by atoms with Gasteiger partial charge >= 0.3 is 0 Å². The van der Waals surface area contributed by atoms with Crippen molar-refractivity contribution in [2.24, 2.45) is 0 Å². The molecule has 0 bridgehead atoms. The Kier molecular flexibility index (Phi) is 5.71. The third-order valence-electron chi connectivity index (χ3n) is 4.87. The van der Waals surface area contributed by atoms with Gasteiger partial charge in [-0.2, -0.15) is 0 Å². The number of hydrogen-bond acceptors (Lipinski definition) is 4. The van der Waals surface area contributed by atoms with Crippen LogP contribution in [0.1, 0.15) is 27.2 Å². The first-order valence-corrected chi connectivity index (χ1v) is 10.5. The van der Waals surface area contributed by atoms with Crippen molar-refractivity contribution in [3.8, 4) is 0 Å². The quantitative estimate of drug-likeness (QED) is 0.666. The monoisotopic (exact) mass is 406 g/mol. The predicted octanol–water partition coefficient (Wildman–Crippen LogP) is 4.20. The average Bonchev–Trinajstić information content (AvgIpc) is 3.24. The lowest BCUT2D eigenvalue weighted by Crippen LogP contribution is -2.37. The van der Waals surface area contributed by atoms with Crippen molar-refractivity contribution in [2.75, 3.05) is 17.2 Å². The lowest BCUT2D eigenvalue weighted by atomic mass is 10.1. The second-order valence-corrected chi connectivity index (χ2v) is 8.03. The van der Waals surface area contributed by atoms with Gasteiger partial charge in [0, 0.05) is 17.0 Å². The van der Waals surface area contributed by atoms with Gasteiger partial charge in [-0.1, -0.05) is 29.8 Å². The molecule has 1 N–H and O–H groups in total. The summed E-state index contributed by atoms with van der Waals surface area (Å²) in [5.41, 5.74) is 3.75. The number of rotatable bonds is 6. The van der Waals surface area contributed by atoms with Crippen molar-refractivity contribution in [1.29, 1.82) is 0 Å². The van der Waals surface area contributed by atoms with Crippen molar-refractivity contribution >= 4 is 29.3 Å². The topological polar surface area (TPSA) is 62.6 Å². The van der Waals surface area contributed by atoms with E-state index in [0.717, 1.165) is 17.0 Å². The maximum absolute atomic E-state index is 12.6. The number of nitrogens with zero attached hydrogens (tertiary/aromatic N) is 1. The summed E-state index contributed by atoms with van der Waals surface area (Å²) < 4.78 is 5.25. The highest BCUT2D eigenvalue weighted by atomic mass is 32.2. The van der Waals surface area contributed by atoms with Crippen LogP contribution in [0.15, 0.2) is 70.2 Å². The Bertz CT molecular complexity index is 1030. The molecule has 2 aromatic carbocycles. The summed E-state index contributed by atoms with van der Waals surface area (Å²) in [5.74, 6) is 1.00. The molecule has 2 amide bonds. The lowest BCUT2D eigenvalue weighted by Gasteiger charge is -2.29. The molecule has 6 heteroatoms. The minimum Gasteiger partial charge on any atom is -0.467 e. The van der Waals surface area contributed by atoms with Crippen LogP contribution >= 0.6 is 11.8 Å². The molecule has 3 aromatic rings. The lowest BCUT2D eigenvalue weighted by molar-refractivity contribution is -0.116. The molecule has 5 nitrogen and oxygen atoms in total. The summed E-state index contributed by atoms with van der Waals surface area (Å²) in [6.45, 7) is 2.98.